The van der Waals surface area contributed by atoms with Crippen LogP contribution in [0.2, 0.25) is 0 Å². The molecule has 1 aromatic carbocycles. The van der Waals surface area contributed by atoms with Crippen LogP contribution >= 0.6 is 24.0 Å². The van der Waals surface area contributed by atoms with Crippen LogP contribution in [0, 0.1) is 13.8 Å². The van der Waals surface area contributed by atoms with E-state index in [0.717, 1.165) is 58.1 Å². The van der Waals surface area contributed by atoms with Gasteiger partial charge in [0.1, 0.15) is 0 Å². The lowest BCUT2D eigenvalue weighted by Crippen LogP contribution is -2.39. The number of halogens is 1. The molecule has 1 unspecified atom stereocenters. The van der Waals surface area contributed by atoms with Gasteiger partial charge in [-0.1, -0.05) is 23.8 Å². The van der Waals surface area contributed by atoms with E-state index in [1.54, 1.807) is 7.05 Å². The molecule has 1 atom stereocenters. The van der Waals surface area contributed by atoms with E-state index in [-0.39, 0.29) is 24.0 Å². The summed E-state index contributed by atoms with van der Waals surface area (Å²) in [4.78, 5) is 4.27. The Bertz CT molecular complexity index is 546. The second-order valence-corrected chi connectivity index (χ2v) is 6.67. The average molecular weight is 475 g/mol. The maximum absolute atomic E-state index is 5.67. The first kappa shape index (κ1) is 23.2. The van der Waals surface area contributed by atoms with E-state index in [2.05, 4.69) is 47.7 Å². The number of aryl methyl sites for hydroxylation is 2. The quantitative estimate of drug-likeness (QED) is 0.249. The summed E-state index contributed by atoms with van der Waals surface area (Å²) in [5.74, 6) is 0.851. The molecule has 1 aliphatic heterocycles. The van der Waals surface area contributed by atoms with Crippen molar-refractivity contribution < 1.29 is 9.47 Å². The standard InChI is InChI=1S/C20H33N3O2.HI/c1-16-7-8-18(17(2)14-16)9-11-23-20(21-3)22-10-5-12-24-15-19-6-4-13-25-19;/h7-8,14,19H,4-6,9-13,15H2,1-3H3,(H2,21,22,23);1H. The summed E-state index contributed by atoms with van der Waals surface area (Å²) in [7, 11) is 1.81. The first-order chi connectivity index (χ1) is 12.2. The van der Waals surface area contributed by atoms with Gasteiger partial charge in [-0.3, -0.25) is 4.99 Å². The first-order valence-electron chi connectivity index (χ1n) is 9.39. The van der Waals surface area contributed by atoms with Crippen LogP contribution < -0.4 is 10.6 Å². The third-order valence-corrected chi connectivity index (χ3v) is 4.49. The van der Waals surface area contributed by atoms with E-state index >= 15 is 0 Å². The van der Waals surface area contributed by atoms with Crippen LogP contribution in [0.25, 0.3) is 0 Å². The summed E-state index contributed by atoms with van der Waals surface area (Å²) < 4.78 is 11.2. The molecule has 5 nitrogen and oxygen atoms in total. The van der Waals surface area contributed by atoms with Crippen molar-refractivity contribution in [2.45, 2.75) is 45.6 Å². The molecule has 0 aliphatic carbocycles. The molecular formula is C20H34IN3O2. The molecule has 1 aliphatic rings. The number of guanidine groups is 1. The molecule has 6 heteroatoms. The van der Waals surface area contributed by atoms with Crippen molar-refractivity contribution in [1.82, 2.24) is 10.6 Å². The lowest BCUT2D eigenvalue weighted by molar-refractivity contribution is 0.0168. The highest BCUT2D eigenvalue weighted by Gasteiger charge is 2.14. The Morgan fingerprint density at radius 2 is 2.08 bits per heavy atom. The molecule has 0 amide bonds. The van der Waals surface area contributed by atoms with Crippen molar-refractivity contribution in [1.29, 1.82) is 0 Å². The second kappa shape index (κ2) is 13.3. The molecule has 2 N–H and O–H groups in total. The monoisotopic (exact) mass is 475 g/mol. The van der Waals surface area contributed by atoms with Crippen LogP contribution in [-0.4, -0.2) is 52.0 Å². The Balaban J connectivity index is 0.00000338. The number of nitrogens with one attached hydrogen (secondary N) is 2. The predicted molar refractivity (Wildman–Crippen MR) is 119 cm³/mol. The predicted octanol–water partition coefficient (Wildman–Crippen LogP) is 3.21. The van der Waals surface area contributed by atoms with E-state index in [1.165, 1.54) is 23.1 Å². The molecule has 0 spiro atoms. The zero-order valence-corrected chi connectivity index (χ0v) is 18.7. The van der Waals surface area contributed by atoms with Gasteiger partial charge in [-0.2, -0.15) is 0 Å². The maximum atomic E-state index is 5.67. The van der Waals surface area contributed by atoms with Gasteiger partial charge in [-0.05, 0) is 50.7 Å². The van der Waals surface area contributed by atoms with Crippen LogP contribution in [-0.2, 0) is 15.9 Å². The molecule has 26 heavy (non-hydrogen) atoms. The largest absolute Gasteiger partial charge is 0.379 e. The highest BCUT2D eigenvalue weighted by atomic mass is 127. The molecule has 1 fully saturated rings. The summed E-state index contributed by atoms with van der Waals surface area (Å²) in [6.07, 6.45) is 4.57. The fraction of sp³-hybridized carbons (Fsp3) is 0.650. The number of benzene rings is 1. The molecule has 2 rings (SSSR count). The van der Waals surface area contributed by atoms with Gasteiger partial charge in [0.25, 0.3) is 0 Å². The molecule has 0 saturated carbocycles. The van der Waals surface area contributed by atoms with E-state index in [9.17, 15) is 0 Å². The summed E-state index contributed by atoms with van der Waals surface area (Å²) in [6.45, 7) is 8.40. The van der Waals surface area contributed by atoms with Gasteiger partial charge in [0.15, 0.2) is 5.96 Å². The fourth-order valence-electron chi connectivity index (χ4n) is 3.03. The van der Waals surface area contributed by atoms with Crippen LogP contribution in [0.3, 0.4) is 0 Å². The second-order valence-electron chi connectivity index (χ2n) is 6.67. The van der Waals surface area contributed by atoms with Gasteiger partial charge in [0.05, 0.1) is 12.7 Å². The summed E-state index contributed by atoms with van der Waals surface area (Å²) >= 11 is 0. The third-order valence-electron chi connectivity index (χ3n) is 4.49. The van der Waals surface area contributed by atoms with Gasteiger partial charge in [-0.25, -0.2) is 0 Å². The van der Waals surface area contributed by atoms with Crippen LogP contribution in [0.15, 0.2) is 23.2 Å². The minimum Gasteiger partial charge on any atom is -0.379 e. The van der Waals surface area contributed by atoms with E-state index in [4.69, 9.17) is 9.47 Å². The van der Waals surface area contributed by atoms with E-state index in [1.807, 2.05) is 0 Å². The zero-order valence-electron chi connectivity index (χ0n) is 16.3. The molecule has 1 heterocycles. The lowest BCUT2D eigenvalue weighted by atomic mass is 10.0. The normalized spacial score (nSPS) is 17.0. The molecule has 148 valence electrons. The number of aliphatic imine (C=N–C) groups is 1. The summed E-state index contributed by atoms with van der Waals surface area (Å²) in [5, 5.41) is 6.71. The number of hydrogen-bond donors (Lipinski definition) is 2. The Labute approximate surface area is 175 Å². The first-order valence-corrected chi connectivity index (χ1v) is 9.39. The molecule has 1 saturated heterocycles. The SMILES string of the molecule is CN=C(NCCCOCC1CCCO1)NCCc1ccc(C)cc1C.I. The summed E-state index contributed by atoms with van der Waals surface area (Å²) in [5.41, 5.74) is 4.05. The van der Waals surface area contributed by atoms with Crippen LogP contribution in [0.4, 0.5) is 0 Å². The Kier molecular flexibility index (Phi) is 11.9. The molecule has 0 bridgehead atoms. The third kappa shape index (κ3) is 8.68. The van der Waals surface area contributed by atoms with Gasteiger partial charge in [0.2, 0.25) is 0 Å². The highest BCUT2D eigenvalue weighted by Crippen LogP contribution is 2.12. The zero-order chi connectivity index (χ0) is 17.9. The maximum Gasteiger partial charge on any atom is 0.190 e. The van der Waals surface area contributed by atoms with Gasteiger partial charge < -0.3 is 20.1 Å². The Morgan fingerprint density at radius 3 is 2.77 bits per heavy atom. The van der Waals surface area contributed by atoms with Crippen molar-refractivity contribution in [3.8, 4) is 0 Å². The summed E-state index contributed by atoms with van der Waals surface area (Å²) in [6, 6.07) is 6.62. The van der Waals surface area contributed by atoms with Gasteiger partial charge >= 0.3 is 0 Å². The smallest absolute Gasteiger partial charge is 0.190 e. The molecular weight excluding hydrogens is 441 g/mol. The average Bonchev–Trinajstić information content (AvgIpc) is 3.11. The Morgan fingerprint density at radius 1 is 1.27 bits per heavy atom. The number of ether oxygens (including phenoxy) is 2. The van der Waals surface area contributed by atoms with Crippen LogP contribution in [0.1, 0.15) is 36.0 Å². The highest BCUT2D eigenvalue weighted by molar-refractivity contribution is 14.0. The van der Waals surface area contributed by atoms with Crippen molar-refractivity contribution in [3.63, 3.8) is 0 Å². The fourth-order valence-corrected chi connectivity index (χ4v) is 3.03. The van der Waals surface area contributed by atoms with Crippen molar-refractivity contribution in [2.24, 2.45) is 4.99 Å². The van der Waals surface area contributed by atoms with Crippen molar-refractivity contribution >= 4 is 29.9 Å². The van der Waals surface area contributed by atoms with E-state index < -0.39 is 0 Å². The number of hydrogen-bond acceptors (Lipinski definition) is 3. The van der Waals surface area contributed by atoms with Gasteiger partial charge in [0, 0.05) is 33.4 Å². The number of rotatable bonds is 9. The lowest BCUT2D eigenvalue weighted by Gasteiger charge is -2.13. The van der Waals surface area contributed by atoms with Crippen molar-refractivity contribution in [3.05, 3.63) is 34.9 Å². The van der Waals surface area contributed by atoms with E-state index in [0.29, 0.717) is 6.10 Å². The number of nitrogens with zero attached hydrogens (tertiary/aromatic N) is 1. The molecule has 0 aromatic heterocycles. The molecule has 0 radical (unpaired) electrons. The molecule has 1 aromatic rings. The van der Waals surface area contributed by atoms with Crippen LogP contribution in [0.5, 0.6) is 0 Å². The van der Waals surface area contributed by atoms with Crippen molar-refractivity contribution in [2.75, 3.05) is 40.0 Å². The topological polar surface area (TPSA) is 54.9 Å². The minimum absolute atomic E-state index is 0. The Hall–Kier alpha value is -0.860. The van der Waals surface area contributed by atoms with Gasteiger partial charge in [-0.15, -0.1) is 24.0 Å². The minimum atomic E-state index is 0.